The number of ether oxygens (including phenoxy) is 2. The van der Waals surface area contributed by atoms with Crippen LogP contribution >= 0.6 is 12.4 Å². The van der Waals surface area contributed by atoms with Crippen molar-refractivity contribution < 1.29 is 13.9 Å². The summed E-state index contributed by atoms with van der Waals surface area (Å²) in [6, 6.07) is 6.30. The lowest BCUT2D eigenvalue weighted by Crippen LogP contribution is -2.11. The van der Waals surface area contributed by atoms with Crippen LogP contribution in [-0.4, -0.2) is 28.2 Å². The number of fused-ring (bicyclic) bond motifs is 1. The van der Waals surface area contributed by atoms with Crippen molar-refractivity contribution in [1.29, 1.82) is 0 Å². The third-order valence-corrected chi connectivity index (χ3v) is 3.97. The Kier molecular flexibility index (Phi) is 7.17. The number of pyridine rings is 1. The number of rotatable bonds is 7. The third kappa shape index (κ3) is 4.89. The highest BCUT2D eigenvalue weighted by molar-refractivity contribution is 5.85. The molecule has 0 aliphatic heterocycles. The molecule has 2 aromatic heterocycles. The number of hydrogen-bond donors (Lipinski definition) is 2. The lowest BCUT2D eigenvalue weighted by atomic mass is 10.2. The van der Waals surface area contributed by atoms with Crippen molar-refractivity contribution in [3.05, 3.63) is 41.5 Å². The summed E-state index contributed by atoms with van der Waals surface area (Å²) in [6.07, 6.45) is 1.26. The van der Waals surface area contributed by atoms with Gasteiger partial charge in [0.05, 0.1) is 24.4 Å². The first-order valence-electron chi connectivity index (χ1n) is 8.72. The number of anilines is 2. The van der Waals surface area contributed by atoms with Gasteiger partial charge in [-0.25, -0.2) is 9.37 Å². The van der Waals surface area contributed by atoms with Crippen LogP contribution in [0.1, 0.15) is 24.7 Å². The van der Waals surface area contributed by atoms with E-state index in [-0.39, 0.29) is 30.0 Å². The van der Waals surface area contributed by atoms with Crippen LogP contribution in [0.5, 0.6) is 11.5 Å². The maximum Gasteiger partial charge on any atom is 0.222 e. The van der Waals surface area contributed by atoms with Gasteiger partial charge in [0.15, 0.2) is 11.6 Å². The van der Waals surface area contributed by atoms with Crippen molar-refractivity contribution in [2.45, 2.75) is 26.7 Å². The van der Waals surface area contributed by atoms with Crippen LogP contribution in [0.15, 0.2) is 24.3 Å². The van der Waals surface area contributed by atoms with Gasteiger partial charge in [0.25, 0.3) is 0 Å². The Morgan fingerprint density at radius 2 is 1.79 bits per heavy atom. The van der Waals surface area contributed by atoms with Crippen molar-refractivity contribution in [1.82, 2.24) is 15.0 Å². The summed E-state index contributed by atoms with van der Waals surface area (Å²) in [5, 5.41) is 0.771. The van der Waals surface area contributed by atoms with E-state index in [1.807, 2.05) is 19.9 Å². The van der Waals surface area contributed by atoms with Gasteiger partial charge in [0.2, 0.25) is 5.95 Å². The minimum absolute atomic E-state index is 0. The molecule has 1 aromatic carbocycles. The highest BCUT2D eigenvalue weighted by atomic mass is 35.5. The zero-order valence-corrected chi connectivity index (χ0v) is 16.6. The summed E-state index contributed by atoms with van der Waals surface area (Å²) < 4.78 is 25.0. The van der Waals surface area contributed by atoms with Gasteiger partial charge in [-0.3, -0.25) is 4.98 Å². The van der Waals surface area contributed by atoms with Gasteiger partial charge < -0.3 is 20.9 Å². The van der Waals surface area contributed by atoms with Crippen molar-refractivity contribution >= 4 is 35.1 Å². The monoisotopic (exact) mass is 407 g/mol. The van der Waals surface area contributed by atoms with Crippen LogP contribution in [0, 0.1) is 12.7 Å². The van der Waals surface area contributed by atoms with Crippen molar-refractivity contribution in [3.8, 4) is 11.5 Å². The molecule has 0 amide bonds. The molecule has 0 aliphatic carbocycles. The number of benzene rings is 1. The summed E-state index contributed by atoms with van der Waals surface area (Å²) in [7, 11) is 0. The van der Waals surface area contributed by atoms with Gasteiger partial charge in [-0.1, -0.05) is 6.92 Å². The second-order valence-electron chi connectivity index (χ2n) is 6.07. The number of aromatic nitrogens is 3. The van der Waals surface area contributed by atoms with E-state index in [4.69, 9.17) is 20.9 Å². The molecule has 0 saturated carbocycles. The van der Waals surface area contributed by atoms with Crippen molar-refractivity contribution in [2.24, 2.45) is 0 Å². The Morgan fingerprint density at radius 3 is 2.54 bits per heavy atom. The zero-order chi connectivity index (χ0) is 19.4. The minimum Gasteiger partial charge on any atom is -0.493 e. The fraction of sp³-hybridized carbons (Fsp3) is 0.316. The number of nitrogens with two attached hydrogens (primary N) is 2. The van der Waals surface area contributed by atoms with Gasteiger partial charge in [0.1, 0.15) is 11.6 Å². The molecule has 0 saturated heterocycles. The van der Waals surface area contributed by atoms with Crippen molar-refractivity contribution in [2.75, 3.05) is 24.7 Å². The molecule has 9 heteroatoms. The fourth-order valence-corrected chi connectivity index (χ4v) is 2.76. The van der Waals surface area contributed by atoms with E-state index in [0.717, 1.165) is 11.1 Å². The summed E-state index contributed by atoms with van der Waals surface area (Å²) in [5.41, 5.74) is 13.5. The SMILES string of the molecule is CCc1nc(N)nc(N)c1OCCCOc1cc(C)nc2cc(F)ccc12.Cl. The molecule has 28 heavy (non-hydrogen) atoms. The molecule has 3 aromatic rings. The Hall–Kier alpha value is -2.87. The molecule has 7 nitrogen and oxygen atoms in total. The number of nitrogens with zero attached hydrogens (tertiary/aromatic N) is 3. The maximum absolute atomic E-state index is 13.4. The molecule has 0 fully saturated rings. The Labute approximate surface area is 168 Å². The highest BCUT2D eigenvalue weighted by Gasteiger charge is 2.12. The summed E-state index contributed by atoms with van der Waals surface area (Å²) in [6.45, 7) is 4.60. The van der Waals surface area contributed by atoms with Gasteiger partial charge >= 0.3 is 0 Å². The van der Waals surface area contributed by atoms with E-state index in [2.05, 4.69) is 15.0 Å². The molecular formula is C19H23ClFN5O2. The normalized spacial score (nSPS) is 10.5. The minimum atomic E-state index is -0.324. The molecule has 150 valence electrons. The molecule has 4 N–H and O–H groups in total. The topological polar surface area (TPSA) is 109 Å². The Balaban J connectivity index is 0.00000280. The van der Waals surface area contributed by atoms with Crippen LogP contribution in [0.25, 0.3) is 10.9 Å². The van der Waals surface area contributed by atoms with Crippen LogP contribution in [0.2, 0.25) is 0 Å². The summed E-state index contributed by atoms with van der Waals surface area (Å²) >= 11 is 0. The summed E-state index contributed by atoms with van der Waals surface area (Å²) in [5.74, 6) is 1.18. The predicted molar refractivity (Wildman–Crippen MR) is 110 cm³/mol. The second-order valence-corrected chi connectivity index (χ2v) is 6.07. The quantitative estimate of drug-likeness (QED) is 0.577. The molecular weight excluding hydrogens is 385 g/mol. The number of aryl methyl sites for hydroxylation is 2. The van der Waals surface area contributed by atoms with E-state index in [1.54, 1.807) is 6.07 Å². The predicted octanol–water partition coefficient (Wildman–Crippen LogP) is 3.47. The van der Waals surface area contributed by atoms with E-state index in [0.29, 0.717) is 48.8 Å². The molecule has 0 unspecified atom stereocenters. The molecule has 0 aliphatic rings. The molecule has 0 spiro atoms. The Bertz CT molecular complexity index is 965. The largest absolute Gasteiger partial charge is 0.493 e. The van der Waals surface area contributed by atoms with Gasteiger partial charge in [-0.05, 0) is 25.5 Å². The highest BCUT2D eigenvalue weighted by Crippen LogP contribution is 2.27. The maximum atomic E-state index is 13.4. The van der Waals surface area contributed by atoms with E-state index in [1.165, 1.54) is 12.1 Å². The second kappa shape index (κ2) is 9.36. The third-order valence-electron chi connectivity index (χ3n) is 3.97. The van der Waals surface area contributed by atoms with E-state index < -0.39 is 0 Å². The van der Waals surface area contributed by atoms with Crippen molar-refractivity contribution in [3.63, 3.8) is 0 Å². The fourth-order valence-electron chi connectivity index (χ4n) is 2.76. The molecule has 0 radical (unpaired) electrons. The Morgan fingerprint density at radius 1 is 1.04 bits per heavy atom. The molecule has 2 heterocycles. The van der Waals surface area contributed by atoms with E-state index >= 15 is 0 Å². The molecule has 3 rings (SSSR count). The van der Waals surface area contributed by atoms with Gasteiger partial charge in [0, 0.05) is 29.6 Å². The number of halogens is 2. The first-order chi connectivity index (χ1) is 13.0. The smallest absolute Gasteiger partial charge is 0.222 e. The first-order valence-corrected chi connectivity index (χ1v) is 8.72. The van der Waals surface area contributed by atoms with E-state index in [9.17, 15) is 4.39 Å². The zero-order valence-electron chi connectivity index (χ0n) is 15.7. The van der Waals surface area contributed by atoms with Crippen LogP contribution in [0.4, 0.5) is 16.2 Å². The molecule has 0 bridgehead atoms. The van der Waals surface area contributed by atoms with Gasteiger partial charge in [-0.15, -0.1) is 12.4 Å². The van der Waals surface area contributed by atoms with Gasteiger partial charge in [-0.2, -0.15) is 4.98 Å². The standard InChI is InChI=1S/C19H22FN5O2.ClH/c1-3-14-17(18(21)25-19(22)24-14)27-8-4-7-26-16-9-11(2)23-15-10-12(20)5-6-13(15)16;/h5-6,9-10H,3-4,7-8H2,1-2H3,(H4,21,22,24,25);1H. The lowest BCUT2D eigenvalue weighted by Gasteiger charge is -2.13. The number of nitrogen functional groups attached to an aromatic ring is 2. The van der Waals surface area contributed by atoms with Crippen LogP contribution < -0.4 is 20.9 Å². The average molecular weight is 408 g/mol. The first kappa shape index (κ1) is 21.4. The molecule has 0 atom stereocenters. The van der Waals surface area contributed by atoms with Crippen LogP contribution in [0.3, 0.4) is 0 Å². The summed E-state index contributed by atoms with van der Waals surface area (Å²) in [4.78, 5) is 12.4. The van der Waals surface area contributed by atoms with Crippen LogP contribution in [-0.2, 0) is 6.42 Å². The lowest BCUT2D eigenvalue weighted by molar-refractivity contribution is 0.247. The average Bonchev–Trinajstić information content (AvgIpc) is 2.61. The number of hydrogen-bond acceptors (Lipinski definition) is 7.